The fraction of sp³-hybridized carbons (Fsp3) is 0.286. The predicted octanol–water partition coefficient (Wildman–Crippen LogP) is 20.9. The van der Waals surface area contributed by atoms with Gasteiger partial charge in [-0.25, -0.2) is 0 Å². The Labute approximate surface area is 511 Å². The van der Waals surface area contributed by atoms with Crippen molar-refractivity contribution in [3.8, 4) is 0 Å². The second-order valence-electron chi connectivity index (χ2n) is 21.2. The first-order valence-electron chi connectivity index (χ1n) is 25.3. The van der Waals surface area contributed by atoms with Crippen molar-refractivity contribution in [1.82, 2.24) is 0 Å². The van der Waals surface area contributed by atoms with Gasteiger partial charge >= 0.3 is 513 Å². The van der Waals surface area contributed by atoms with Crippen LogP contribution in [0.3, 0.4) is 0 Å². The fourth-order valence-corrected chi connectivity index (χ4v) is 27.9. The summed E-state index contributed by atoms with van der Waals surface area (Å²) in [7, 11) is 0. The molecule has 97 heavy (non-hydrogen) atoms. The van der Waals surface area contributed by atoms with Gasteiger partial charge in [0.15, 0.2) is 0 Å². The Balaban J connectivity index is 2.26. The molecule has 0 aliphatic rings. The Kier molecular flexibility index (Phi) is 17.4. The second-order valence-corrected chi connectivity index (χ2v) is 29.7. The molecule has 0 atom stereocenters. The first-order chi connectivity index (χ1) is 43.3. The van der Waals surface area contributed by atoms with Crippen molar-refractivity contribution in [2.75, 3.05) is 0 Å². The van der Waals surface area contributed by atoms with E-state index in [1.807, 2.05) is 0 Å². The third-order valence-corrected chi connectivity index (χ3v) is 27.8. The third-order valence-electron chi connectivity index (χ3n) is 15.5. The van der Waals surface area contributed by atoms with E-state index in [1.54, 1.807) is 0 Å². The van der Waals surface area contributed by atoms with Crippen LogP contribution in [0, 0.1) is 0 Å². The maximum atomic E-state index is 17.9. The van der Waals surface area contributed by atoms with Crippen LogP contribution < -0.4 is 16.5 Å². The molecule has 0 bridgehead atoms. The molecule has 528 valence electrons. The van der Waals surface area contributed by atoms with Crippen molar-refractivity contribution in [1.29, 1.82) is 0 Å². The molecule has 0 aliphatic carbocycles. The summed E-state index contributed by atoms with van der Waals surface area (Å²) in [5, 5.41) is -22.5. The van der Waals surface area contributed by atoms with Gasteiger partial charge in [0, 0.05) is 0 Å². The molecule has 0 spiro atoms. The van der Waals surface area contributed by atoms with E-state index in [1.165, 1.54) is 0 Å². The molecule has 0 heterocycles. The van der Waals surface area contributed by atoms with E-state index >= 15 is 176 Å². The van der Waals surface area contributed by atoms with E-state index in [9.17, 15) is 0 Å². The SMILES string of the molecule is FC(F)(F)C(F)(F)c1cc2ccccc2[c]([Ga-]([c]2c(C(F)(F)C(F)(F)F)c(C(F)(F)C(F)(F)F)cc3ccccc23)([c]2c(C(F)(F)C(F)(F)F)c(C(F)(F)C(F)(F)F)cc3ccccc23)[c]2c(C(F)(F)C(F)(F)F)c(C(F)(F)C(F)(F)F)cc3ccccc23)c1C(F)(F)C(F)(F)F. The zero-order valence-corrected chi connectivity index (χ0v) is 47.7. The number of halogens is 40. The quantitative estimate of drug-likeness (QED) is 0.0845. The van der Waals surface area contributed by atoms with Gasteiger partial charge in [-0.2, -0.15) is 0 Å². The number of rotatable bonds is 12. The monoisotopic (exact) mass is 1520 g/mol. The maximum absolute atomic E-state index is 17.9. The van der Waals surface area contributed by atoms with Gasteiger partial charge in [-0.15, -0.1) is 0 Å². The van der Waals surface area contributed by atoms with Gasteiger partial charge in [0.1, 0.15) is 0 Å². The molecule has 0 aromatic heterocycles. The Morgan fingerprint density at radius 3 is 0.443 bits per heavy atom. The Morgan fingerprint density at radius 2 is 0.309 bits per heavy atom. The molecule has 0 amide bonds. The van der Waals surface area contributed by atoms with E-state index in [-0.39, 0.29) is 48.5 Å². The average molecular weight is 1520 g/mol. The van der Waals surface area contributed by atoms with Gasteiger partial charge in [-0.3, -0.25) is 0 Å². The van der Waals surface area contributed by atoms with Crippen molar-refractivity contribution < 1.29 is 176 Å². The summed E-state index contributed by atoms with van der Waals surface area (Å²) in [5.74, 6) is -67.0. The molecule has 0 saturated heterocycles. The first-order valence-corrected chi connectivity index (χ1v) is 30.2. The minimum absolute atomic E-state index is 0.0466. The second kappa shape index (κ2) is 22.3. The van der Waals surface area contributed by atoms with E-state index in [2.05, 4.69) is 0 Å². The molecular weight excluding hydrogens is 1500 g/mol. The van der Waals surface area contributed by atoms with Crippen molar-refractivity contribution in [2.45, 2.75) is 96.8 Å². The summed E-state index contributed by atoms with van der Waals surface area (Å²) >= 11 is -12.8. The van der Waals surface area contributed by atoms with Crippen LogP contribution in [0.15, 0.2) is 121 Å². The standard InChI is InChI=1S/4C14H5F10.Ga/c4*15-11(16,13(19,20)21)9-5-7-3-1-2-4-8(7)6-10(9)12(17,18)14(22,23)24;/h4*1-5H;/q;;;;-1. The summed E-state index contributed by atoms with van der Waals surface area (Å²) < 4.78 is 635. The summed E-state index contributed by atoms with van der Waals surface area (Å²) in [4.78, 5) is 0. The summed E-state index contributed by atoms with van der Waals surface area (Å²) in [6.07, 6.45) is -67.0. The molecule has 0 N–H and O–H groups in total. The number of hydrogen-bond donors (Lipinski definition) is 0. The van der Waals surface area contributed by atoms with Crippen LogP contribution in [0.4, 0.5) is 176 Å². The zero-order chi connectivity index (χ0) is 74.2. The van der Waals surface area contributed by atoms with E-state index in [4.69, 9.17) is 0 Å². The summed E-state index contributed by atoms with van der Waals surface area (Å²) in [6.45, 7) is 0. The Bertz CT molecular complexity index is 3850. The van der Waals surface area contributed by atoms with Crippen LogP contribution in [0.25, 0.3) is 43.1 Å². The molecule has 0 aliphatic heterocycles. The van der Waals surface area contributed by atoms with Gasteiger partial charge < -0.3 is 0 Å². The van der Waals surface area contributed by atoms with Crippen LogP contribution in [0.5, 0.6) is 0 Å². The topological polar surface area (TPSA) is 0 Å². The molecule has 0 unspecified atom stereocenters. The van der Waals surface area contributed by atoms with Crippen molar-refractivity contribution in [3.05, 3.63) is 166 Å². The van der Waals surface area contributed by atoms with Gasteiger partial charge in [0.05, 0.1) is 0 Å². The molecule has 0 fully saturated rings. The van der Waals surface area contributed by atoms with Crippen LogP contribution in [0.2, 0.25) is 0 Å². The van der Waals surface area contributed by atoms with Crippen LogP contribution in [-0.2, 0) is 47.4 Å². The average Bonchev–Trinajstić information content (AvgIpc) is 0.652. The van der Waals surface area contributed by atoms with Crippen molar-refractivity contribution >= 4 is 74.6 Å². The molecule has 8 rings (SSSR count). The number of alkyl halides is 40. The first kappa shape index (κ1) is 75.4. The van der Waals surface area contributed by atoms with Crippen LogP contribution in [-0.4, -0.2) is 64.4 Å². The predicted molar refractivity (Wildman–Crippen MR) is 260 cm³/mol. The Hall–Kier alpha value is -7.36. The van der Waals surface area contributed by atoms with Crippen LogP contribution in [0.1, 0.15) is 44.5 Å². The van der Waals surface area contributed by atoms with Gasteiger partial charge in [0.25, 0.3) is 0 Å². The molecule has 0 radical (unpaired) electrons. The number of fused-ring (bicyclic) bond motifs is 4. The summed E-state index contributed by atoms with van der Waals surface area (Å²) in [5.41, 5.74) is -39.3. The number of benzene rings is 8. The molecule has 0 nitrogen and oxygen atoms in total. The summed E-state index contributed by atoms with van der Waals surface area (Å²) in [6, 6.07) is -12.4. The minimum atomic E-state index is -12.8. The Morgan fingerprint density at radius 1 is 0.175 bits per heavy atom. The van der Waals surface area contributed by atoms with E-state index in [0.29, 0.717) is 0 Å². The zero-order valence-electron chi connectivity index (χ0n) is 45.2. The molecule has 0 saturated carbocycles. The molecule has 41 heteroatoms. The molecular formula is C56H20F40Ga-. The van der Waals surface area contributed by atoms with Gasteiger partial charge in [-0.1, -0.05) is 0 Å². The van der Waals surface area contributed by atoms with Gasteiger partial charge in [0.2, 0.25) is 0 Å². The van der Waals surface area contributed by atoms with Crippen molar-refractivity contribution in [2.24, 2.45) is 0 Å². The van der Waals surface area contributed by atoms with E-state index < -0.39 is 289 Å². The fourth-order valence-electron chi connectivity index (χ4n) is 11.7. The molecule has 8 aromatic rings. The molecule has 8 aromatic carbocycles. The normalized spacial score (nSPS) is 15.0. The van der Waals surface area contributed by atoms with E-state index in [0.717, 1.165) is 0 Å². The van der Waals surface area contributed by atoms with Crippen molar-refractivity contribution in [3.63, 3.8) is 0 Å². The van der Waals surface area contributed by atoms with Gasteiger partial charge in [-0.05, 0) is 0 Å². The number of hydrogen-bond acceptors (Lipinski definition) is 0. The third kappa shape index (κ3) is 11.1. The van der Waals surface area contributed by atoms with Crippen LogP contribution >= 0.6 is 0 Å².